The van der Waals surface area contributed by atoms with E-state index < -0.39 is 0 Å². The Labute approximate surface area is 189 Å². The van der Waals surface area contributed by atoms with Gasteiger partial charge in [0.15, 0.2) is 0 Å². The Kier molecular flexibility index (Phi) is 22.7. The van der Waals surface area contributed by atoms with Crippen LogP contribution in [0.15, 0.2) is 0 Å². The normalized spacial score (nSPS) is 12.4. The Morgan fingerprint density at radius 2 is 1.07 bits per heavy atom. The number of carbonyl (C=O) groups excluding carboxylic acids is 1. The van der Waals surface area contributed by atoms with Crippen LogP contribution in [0, 0.1) is 5.92 Å². The molecule has 0 aromatic carbocycles. The quantitative estimate of drug-likeness (QED) is 0.132. The molecule has 0 bridgehead atoms. The molecule has 180 valence electrons. The van der Waals surface area contributed by atoms with Crippen molar-refractivity contribution in [3.05, 3.63) is 0 Å². The molecule has 0 spiro atoms. The van der Waals surface area contributed by atoms with E-state index in [1.807, 2.05) is 0 Å². The van der Waals surface area contributed by atoms with Crippen molar-refractivity contribution in [2.24, 2.45) is 11.7 Å². The van der Waals surface area contributed by atoms with Gasteiger partial charge in [0.25, 0.3) is 0 Å². The summed E-state index contributed by atoms with van der Waals surface area (Å²) >= 11 is 0. The number of esters is 1. The molecule has 2 N–H and O–H groups in total. The van der Waals surface area contributed by atoms with Gasteiger partial charge in [0.2, 0.25) is 0 Å². The van der Waals surface area contributed by atoms with Gasteiger partial charge in [-0.3, -0.25) is 4.79 Å². The zero-order chi connectivity index (χ0) is 22.3. The average molecular weight is 426 g/mol. The third-order valence-electron chi connectivity index (χ3n) is 6.37. The van der Waals surface area contributed by atoms with Crippen molar-refractivity contribution >= 4 is 5.97 Å². The summed E-state index contributed by atoms with van der Waals surface area (Å²) in [4.78, 5) is 12.8. The van der Waals surface area contributed by atoms with Crippen LogP contribution in [-0.4, -0.2) is 18.6 Å². The molecule has 1 atom stereocenters. The van der Waals surface area contributed by atoms with Crippen molar-refractivity contribution in [3.8, 4) is 0 Å². The van der Waals surface area contributed by atoms with E-state index >= 15 is 0 Å². The molecule has 0 amide bonds. The summed E-state index contributed by atoms with van der Waals surface area (Å²) in [5.41, 5.74) is 5.57. The van der Waals surface area contributed by atoms with Crippen molar-refractivity contribution in [3.63, 3.8) is 0 Å². The van der Waals surface area contributed by atoms with Crippen LogP contribution in [-0.2, 0) is 9.53 Å². The molecule has 30 heavy (non-hydrogen) atoms. The number of ether oxygens (including phenoxy) is 1. The second kappa shape index (κ2) is 23.1. The van der Waals surface area contributed by atoms with Crippen molar-refractivity contribution in [2.45, 2.75) is 155 Å². The fourth-order valence-corrected chi connectivity index (χ4v) is 4.20. The molecule has 1 unspecified atom stereocenters. The number of unbranched alkanes of at least 4 members (excludes halogenated alkanes) is 13. The van der Waals surface area contributed by atoms with Gasteiger partial charge in [0.1, 0.15) is 6.10 Å². The molecule has 3 nitrogen and oxygen atoms in total. The maximum absolute atomic E-state index is 12.8. The summed E-state index contributed by atoms with van der Waals surface area (Å²) < 4.78 is 6.08. The Hall–Kier alpha value is -0.570. The van der Waals surface area contributed by atoms with Crippen molar-refractivity contribution in [1.29, 1.82) is 0 Å². The minimum atomic E-state index is 0.0679. The zero-order valence-corrected chi connectivity index (χ0v) is 20.9. The highest BCUT2D eigenvalue weighted by Gasteiger charge is 2.21. The molecule has 0 rings (SSSR count). The van der Waals surface area contributed by atoms with Gasteiger partial charge in [-0.15, -0.1) is 0 Å². The number of carbonyl (C=O) groups is 1. The van der Waals surface area contributed by atoms with E-state index in [0.717, 1.165) is 45.1 Å². The average Bonchev–Trinajstić information content (AvgIpc) is 2.75. The molecule has 3 heteroatoms. The second-order valence-corrected chi connectivity index (χ2v) is 9.27. The summed E-state index contributed by atoms with van der Waals surface area (Å²) in [6.07, 6.45) is 24.3. The fourth-order valence-electron chi connectivity index (χ4n) is 4.20. The summed E-state index contributed by atoms with van der Waals surface area (Å²) in [7, 11) is 0. The monoisotopic (exact) mass is 425 g/mol. The lowest BCUT2D eigenvalue weighted by molar-refractivity contribution is -0.155. The van der Waals surface area contributed by atoms with Gasteiger partial charge >= 0.3 is 5.97 Å². The summed E-state index contributed by atoms with van der Waals surface area (Å²) in [5.74, 6) is 0.151. The predicted octanol–water partition coefficient (Wildman–Crippen LogP) is 8.33. The third kappa shape index (κ3) is 18.2. The minimum absolute atomic E-state index is 0.0679. The molecule has 0 aliphatic rings. The van der Waals surface area contributed by atoms with Crippen LogP contribution >= 0.6 is 0 Å². The molecule has 0 saturated carbocycles. The van der Waals surface area contributed by atoms with Gasteiger partial charge in [0.05, 0.1) is 5.92 Å². The van der Waals surface area contributed by atoms with E-state index in [0.29, 0.717) is 0 Å². The standard InChI is InChI=1S/C27H55NO2/c1-4-7-9-11-13-18-22-26(23-19-14-12-10-8-5-2)30-27(29)25(6-3)21-17-15-16-20-24-28/h25-26H,4-24,28H2,1-3H3. The topological polar surface area (TPSA) is 52.3 Å². The maximum Gasteiger partial charge on any atom is 0.309 e. The first-order valence-electron chi connectivity index (χ1n) is 13.6. The molecule has 0 aromatic rings. The zero-order valence-electron chi connectivity index (χ0n) is 20.9. The van der Waals surface area contributed by atoms with Gasteiger partial charge in [0, 0.05) is 0 Å². The Balaban J connectivity index is 4.33. The summed E-state index contributed by atoms with van der Waals surface area (Å²) in [5, 5.41) is 0. The molecule has 0 saturated heterocycles. The van der Waals surface area contributed by atoms with Gasteiger partial charge in [-0.2, -0.15) is 0 Å². The number of hydrogen-bond acceptors (Lipinski definition) is 3. The second-order valence-electron chi connectivity index (χ2n) is 9.27. The number of nitrogens with two attached hydrogens (primary N) is 1. The molecule has 0 aliphatic heterocycles. The van der Waals surface area contributed by atoms with E-state index in [4.69, 9.17) is 10.5 Å². The van der Waals surface area contributed by atoms with Gasteiger partial charge in [-0.05, 0) is 51.5 Å². The lowest BCUT2D eigenvalue weighted by Gasteiger charge is -2.22. The Bertz CT molecular complexity index is 343. The lowest BCUT2D eigenvalue weighted by Crippen LogP contribution is -2.24. The largest absolute Gasteiger partial charge is 0.462 e. The smallest absolute Gasteiger partial charge is 0.309 e. The van der Waals surface area contributed by atoms with E-state index in [2.05, 4.69) is 20.8 Å². The Morgan fingerprint density at radius 1 is 0.633 bits per heavy atom. The van der Waals surface area contributed by atoms with Crippen LogP contribution in [0.2, 0.25) is 0 Å². The molecule has 0 aliphatic carbocycles. The molecular formula is C27H55NO2. The van der Waals surface area contributed by atoms with Gasteiger partial charge < -0.3 is 10.5 Å². The SMILES string of the molecule is CCCCCCCCC(CCCCCCCC)OC(=O)C(CC)CCCCCCN. The van der Waals surface area contributed by atoms with E-state index in [1.165, 1.54) is 89.9 Å². The van der Waals surface area contributed by atoms with Crippen LogP contribution in [0.4, 0.5) is 0 Å². The van der Waals surface area contributed by atoms with E-state index in [-0.39, 0.29) is 18.0 Å². The van der Waals surface area contributed by atoms with Crippen LogP contribution < -0.4 is 5.73 Å². The maximum atomic E-state index is 12.8. The summed E-state index contributed by atoms with van der Waals surface area (Å²) in [6.45, 7) is 7.43. The number of rotatable bonds is 23. The Morgan fingerprint density at radius 3 is 1.53 bits per heavy atom. The molecular weight excluding hydrogens is 370 g/mol. The van der Waals surface area contributed by atoms with Crippen LogP contribution in [0.1, 0.15) is 149 Å². The minimum Gasteiger partial charge on any atom is -0.462 e. The van der Waals surface area contributed by atoms with Crippen LogP contribution in [0.25, 0.3) is 0 Å². The molecule has 0 heterocycles. The van der Waals surface area contributed by atoms with E-state index in [1.54, 1.807) is 0 Å². The van der Waals surface area contributed by atoms with Crippen molar-refractivity contribution < 1.29 is 9.53 Å². The first kappa shape index (κ1) is 29.4. The van der Waals surface area contributed by atoms with Crippen molar-refractivity contribution in [1.82, 2.24) is 0 Å². The van der Waals surface area contributed by atoms with E-state index in [9.17, 15) is 4.79 Å². The predicted molar refractivity (Wildman–Crippen MR) is 132 cm³/mol. The highest BCUT2D eigenvalue weighted by molar-refractivity contribution is 5.72. The van der Waals surface area contributed by atoms with Crippen molar-refractivity contribution in [2.75, 3.05) is 6.54 Å². The fraction of sp³-hybridized carbons (Fsp3) is 0.963. The molecule has 0 radical (unpaired) electrons. The van der Waals surface area contributed by atoms with Crippen LogP contribution in [0.3, 0.4) is 0 Å². The summed E-state index contributed by atoms with van der Waals surface area (Å²) in [6, 6.07) is 0. The van der Waals surface area contributed by atoms with Gasteiger partial charge in [-0.1, -0.05) is 104 Å². The lowest BCUT2D eigenvalue weighted by atomic mass is 9.97. The van der Waals surface area contributed by atoms with Gasteiger partial charge in [-0.25, -0.2) is 0 Å². The third-order valence-corrected chi connectivity index (χ3v) is 6.37. The highest BCUT2D eigenvalue weighted by Crippen LogP contribution is 2.21. The van der Waals surface area contributed by atoms with Crippen LogP contribution in [0.5, 0.6) is 0 Å². The molecule has 0 aromatic heterocycles. The first-order valence-corrected chi connectivity index (χ1v) is 13.6. The number of hydrogen-bond donors (Lipinski definition) is 1. The first-order chi connectivity index (χ1) is 14.7. The molecule has 0 fully saturated rings. The highest BCUT2D eigenvalue weighted by atomic mass is 16.5.